The van der Waals surface area contributed by atoms with E-state index in [0.717, 1.165) is 46.9 Å². The van der Waals surface area contributed by atoms with E-state index >= 15 is 0 Å². The fourth-order valence-corrected chi connectivity index (χ4v) is 4.13. The van der Waals surface area contributed by atoms with E-state index in [1.807, 2.05) is 39.0 Å². The molecule has 0 aliphatic heterocycles. The normalized spacial score (nSPS) is 13.9. The molecule has 2 aromatic rings. The Morgan fingerprint density at radius 1 is 1.23 bits per heavy atom. The first kappa shape index (κ1) is 31.3. The largest absolute Gasteiger partial charge is 0.496 e. The van der Waals surface area contributed by atoms with Crippen molar-refractivity contribution in [3.05, 3.63) is 82.5 Å². The second-order valence-corrected chi connectivity index (χ2v) is 9.83. The van der Waals surface area contributed by atoms with E-state index in [1.54, 1.807) is 19.9 Å². The summed E-state index contributed by atoms with van der Waals surface area (Å²) in [6.45, 7) is 9.57. The van der Waals surface area contributed by atoms with Gasteiger partial charge in [-0.2, -0.15) is 0 Å². The van der Waals surface area contributed by atoms with E-state index in [9.17, 15) is 14.3 Å². The smallest absolute Gasteiger partial charge is 0.296 e. The molecule has 0 spiro atoms. The molecule has 1 amide bonds. The number of carbonyl (C=O) groups is 1. The summed E-state index contributed by atoms with van der Waals surface area (Å²) in [5.41, 5.74) is 13.3. The number of nitrogens with two attached hydrogens (primary N) is 2. The molecule has 210 valence electrons. The Bertz CT molecular complexity index is 1320. The molecule has 11 heteroatoms. The van der Waals surface area contributed by atoms with Crippen molar-refractivity contribution in [1.82, 2.24) is 10.2 Å². The van der Waals surface area contributed by atoms with Gasteiger partial charge in [0.15, 0.2) is 0 Å². The molecule has 0 saturated carbocycles. The zero-order valence-corrected chi connectivity index (χ0v) is 23.9. The predicted octanol–water partition coefficient (Wildman–Crippen LogP) is 4.85. The summed E-state index contributed by atoms with van der Waals surface area (Å²) in [5, 5.41) is 21.3. The molecule has 1 heterocycles. The summed E-state index contributed by atoms with van der Waals surface area (Å²) in [5.74, 6) is -1.11. The lowest BCUT2D eigenvalue weighted by Crippen LogP contribution is -2.20. The van der Waals surface area contributed by atoms with Gasteiger partial charge in [-0.1, -0.05) is 41.9 Å². The molecule has 0 aliphatic rings. The standard InChI is InChI=1S/C28H36FN5O4S/c1-7-17(3)18(12-13-19(8-2)28(4,5)36)16-38-27-34-33-26(39-27)32-25(35)21(15-31)20(14-30)24-22(29)10-9-11-23(24)37-6/h8-15,36H,7,16,30-31H2,1-6H3,(H,32,33,35)/b13-12-,18-17?,19-8+,20-14+,21-15+. The molecule has 0 fully saturated rings. The third-order valence-electron chi connectivity index (χ3n) is 5.87. The molecule has 0 atom stereocenters. The van der Waals surface area contributed by atoms with Gasteiger partial charge in [0, 0.05) is 18.0 Å². The number of benzene rings is 1. The molecule has 9 nitrogen and oxygen atoms in total. The number of nitrogens with one attached hydrogen (secondary N) is 1. The number of hydrogen-bond donors (Lipinski definition) is 4. The number of aliphatic hydroxyl groups is 1. The minimum Gasteiger partial charge on any atom is -0.496 e. The first-order valence-corrected chi connectivity index (χ1v) is 13.0. The molecule has 39 heavy (non-hydrogen) atoms. The Hall–Kier alpha value is -3.96. The van der Waals surface area contributed by atoms with E-state index in [1.165, 1.54) is 19.2 Å². The Morgan fingerprint density at radius 2 is 1.95 bits per heavy atom. The third-order valence-corrected chi connectivity index (χ3v) is 6.62. The lowest BCUT2D eigenvalue weighted by Gasteiger charge is -2.19. The van der Waals surface area contributed by atoms with Crippen molar-refractivity contribution in [2.24, 2.45) is 11.5 Å². The number of allylic oxidation sites excluding steroid dienone is 2. The van der Waals surface area contributed by atoms with Crippen LogP contribution in [0.25, 0.3) is 5.57 Å². The van der Waals surface area contributed by atoms with Gasteiger partial charge in [-0.15, -0.1) is 5.10 Å². The summed E-state index contributed by atoms with van der Waals surface area (Å²) in [7, 11) is 1.38. The number of halogens is 1. The molecule has 0 saturated heterocycles. The second kappa shape index (κ2) is 14.3. The fourth-order valence-electron chi connectivity index (χ4n) is 3.54. The van der Waals surface area contributed by atoms with Crippen LogP contribution in [0.2, 0.25) is 0 Å². The van der Waals surface area contributed by atoms with E-state index in [4.69, 9.17) is 20.9 Å². The zero-order valence-electron chi connectivity index (χ0n) is 23.0. The lowest BCUT2D eigenvalue weighted by atomic mass is 9.96. The van der Waals surface area contributed by atoms with E-state index < -0.39 is 17.3 Å². The van der Waals surface area contributed by atoms with Crippen molar-refractivity contribution in [2.75, 3.05) is 19.0 Å². The Labute approximate surface area is 232 Å². The highest BCUT2D eigenvalue weighted by Gasteiger charge is 2.23. The van der Waals surface area contributed by atoms with Gasteiger partial charge in [-0.05, 0) is 68.7 Å². The maximum atomic E-state index is 14.6. The van der Waals surface area contributed by atoms with Crippen LogP contribution in [0.3, 0.4) is 0 Å². The minimum absolute atomic E-state index is 0.0000349. The number of aromatic nitrogens is 2. The van der Waals surface area contributed by atoms with Crippen LogP contribution in [0.1, 0.15) is 46.6 Å². The highest BCUT2D eigenvalue weighted by atomic mass is 32.1. The van der Waals surface area contributed by atoms with E-state index in [-0.39, 0.29) is 39.4 Å². The van der Waals surface area contributed by atoms with Crippen LogP contribution >= 0.6 is 11.3 Å². The van der Waals surface area contributed by atoms with Crippen LogP contribution in [0.15, 0.2) is 71.1 Å². The van der Waals surface area contributed by atoms with Crippen molar-refractivity contribution in [3.8, 4) is 10.9 Å². The maximum Gasteiger partial charge on any atom is 0.296 e. The molecule has 0 aliphatic carbocycles. The number of nitrogens with zero attached hydrogens (tertiary/aromatic N) is 2. The maximum absolute atomic E-state index is 14.6. The monoisotopic (exact) mass is 557 g/mol. The second-order valence-electron chi connectivity index (χ2n) is 8.89. The summed E-state index contributed by atoms with van der Waals surface area (Å²) in [6, 6.07) is 4.25. The topological polar surface area (TPSA) is 146 Å². The number of rotatable bonds is 12. The number of amides is 1. The number of anilines is 1. The molecule has 1 aromatic carbocycles. The highest BCUT2D eigenvalue weighted by Crippen LogP contribution is 2.33. The summed E-state index contributed by atoms with van der Waals surface area (Å²) in [4.78, 5) is 13.0. The Morgan fingerprint density at radius 3 is 2.51 bits per heavy atom. The minimum atomic E-state index is -0.975. The summed E-state index contributed by atoms with van der Waals surface area (Å²) < 4.78 is 25.7. The zero-order chi connectivity index (χ0) is 29.2. The van der Waals surface area contributed by atoms with Crippen LogP contribution in [0, 0.1) is 5.82 Å². The van der Waals surface area contributed by atoms with Crippen molar-refractivity contribution < 1.29 is 23.8 Å². The van der Waals surface area contributed by atoms with Gasteiger partial charge in [-0.25, -0.2) is 4.39 Å². The molecule has 6 N–H and O–H groups in total. The average Bonchev–Trinajstić information content (AvgIpc) is 3.35. The van der Waals surface area contributed by atoms with Crippen molar-refractivity contribution in [1.29, 1.82) is 0 Å². The first-order chi connectivity index (χ1) is 18.5. The summed E-state index contributed by atoms with van der Waals surface area (Å²) in [6.07, 6.45) is 8.55. The van der Waals surface area contributed by atoms with Gasteiger partial charge in [0.1, 0.15) is 18.2 Å². The summed E-state index contributed by atoms with van der Waals surface area (Å²) >= 11 is 1.02. The van der Waals surface area contributed by atoms with Gasteiger partial charge in [0.2, 0.25) is 5.13 Å². The van der Waals surface area contributed by atoms with Gasteiger partial charge < -0.3 is 26.0 Å². The molecule has 0 unspecified atom stereocenters. The SMILES string of the molecule is C/C=C(\C=C/C(COc1nnc(NC(=O)C(=C/N)/C(=C\N)c2c(F)cccc2OC)s1)=C(C)CC)C(C)(C)O. The van der Waals surface area contributed by atoms with Crippen molar-refractivity contribution >= 4 is 27.9 Å². The van der Waals surface area contributed by atoms with Crippen LogP contribution in [0.4, 0.5) is 9.52 Å². The quantitative estimate of drug-likeness (QED) is 0.214. The lowest BCUT2D eigenvalue weighted by molar-refractivity contribution is -0.112. The van der Waals surface area contributed by atoms with Crippen molar-refractivity contribution in [3.63, 3.8) is 0 Å². The van der Waals surface area contributed by atoms with E-state index in [2.05, 4.69) is 15.5 Å². The van der Waals surface area contributed by atoms with Crippen LogP contribution < -0.4 is 26.3 Å². The molecular formula is C28H36FN5O4S. The third kappa shape index (κ3) is 8.26. The van der Waals surface area contributed by atoms with Crippen molar-refractivity contribution in [2.45, 2.75) is 46.6 Å². The Kier molecular flexibility index (Phi) is 11.4. The van der Waals surface area contributed by atoms with Crippen LogP contribution in [-0.4, -0.2) is 40.5 Å². The van der Waals surface area contributed by atoms with Crippen LogP contribution in [0.5, 0.6) is 10.9 Å². The van der Waals surface area contributed by atoms with Gasteiger partial charge >= 0.3 is 0 Å². The van der Waals surface area contributed by atoms with Gasteiger partial charge in [-0.3, -0.25) is 10.1 Å². The first-order valence-electron chi connectivity index (χ1n) is 12.2. The number of carbonyl (C=O) groups excluding carboxylic acids is 1. The Balaban J connectivity index is 2.19. The van der Waals surface area contributed by atoms with Gasteiger partial charge in [0.25, 0.3) is 11.1 Å². The molecule has 0 radical (unpaired) electrons. The predicted molar refractivity (Wildman–Crippen MR) is 154 cm³/mol. The fraction of sp³-hybridized carbons (Fsp3) is 0.321. The number of methoxy groups -OCH3 is 1. The molecule has 2 rings (SSSR count). The van der Waals surface area contributed by atoms with Gasteiger partial charge in [0.05, 0.1) is 23.8 Å². The molecular weight excluding hydrogens is 521 g/mol. The average molecular weight is 558 g/mol. The highest BCUT2D eigenvalue weighted by molar-refractivity contribution is 7.17. The van der Waals surface area contributed by atoms with E-state index in [0.29, 0.717) is 0 Å². The number of hydrogen-bond acceptors (Lipinski definition) is 9. The van der Waals surface area contributed by atoms with Crippen LogP contribution in [-0.2, 0) is 4.79 Å². The molecule has 0 bridgehead atoms. The number of ether oxygens (including phenoxy) is 2. The molecule has 1 aromatic heterocycles.